The average molecular weight is 235 g/mol. The Bertz CT molecular complexity index is 592. The van der Waals surface area contributed by atoms with Crippen LogP contribution in [-0.2, 0) is 0 Å². The molecule has 17 heavy (non-hydrogen) atoms. The Morgan fingerprint density at radius 2 is 2.18 bits per heavy atom. The van der Waals surface area contributed by atoms with Gasteiger partial charge in [-0.25, -0.2) is 18.9 Å². The maximum absolute atomic E-state index is 13.5. The summed E-state index contributed by atoms with van der Waals surface area (Å²) in [7, 11) is 0. The number of hydrogen-bond acceptors (Lipinski definition) is 3. The van der Waals surface area contributed by atoms with E-state index in [2.05, 4.69) is 10.1 Å². The Morgan fingerprint density at radius 1 is 1.47 bits per heavy atom. The van der Waals surface area contributed by atoms with Crippen molar-refractivity contribution < 1.29 is 14.3 Å². The summed E-state index contributed by atoms with van der Waals surface area (Å²) in [5.74, 6) is -1.63. The van der Waals surface area contributed by atoms with Crippen molar-refractivity contribution >= 4 is 5.97 Å². The molecule has 0 aromatic carbocycles. The molecule has 88 valence electrons. The van der Waals surface area contributed by atoms with E-state index in [0.29, 0.717) is 11.4 Å². The monoisotopic (exact) mass is 235 g/mol. The van der Waals surface area contributed by atoms with Crippen LogP contribution in [0.4, 0.5) is 4.39 Å². The highest BCUT2D eigenvalue weighted by molar-refractivity contribution is 5.90. The van der Waals surface area contributed by atoms with E-state index in [9.17, 15) is 9.18 Å². The summed E-state index contributed by atoms with van der Waals surface area (Å²) in [5.41, 5.74) is 0.766. The molecule has 2 heterocycles. The molecular formula is C11H10FN3O2. The molecule has 0 amide bonds. The zero-order valence-corrected chi connectivity index (χ0v) is 9.31. The zero-order chi connectivity index (χ0) is 12.6. The van der Waals surface area contributed by atoms with Crippen LogP contribution >= 0.6 is 0 Å². The second-order valence-corrected chi connectivity index (χ2v) is 3.57. The van der Waals surface area contributed by atoms with Crippen LogP contribution in [0.2, 0.25) is 0 Å². The van der Waals surface area contributed by atoms with Crippen LogP contribution in [0.3, 0.4) is 0 Å². The predicted octanol–water partition coefficient (Wildman–Crippen LogP) is 1.72. The van der Waals surface area contributed by atoms with E-state index in [1.807, 2.05) is 0 Å². The fourth-order valence-electron chi connectivity index (χ4n) is 1.69. The lowest BCUT2D eigenvalue weighted by Crippen LogP contribution is -2.06. The van der Waals surface area contributed by atoms with E-state index in [0.717, 1.165) is 0 Å². The van der Waals surface area contributed by atoms with E-state index >= 15 is 0 Å². The molecule has 2 rings (SSSR count). The molecule has 5 nitrogen and oxygen atoms in total. The summed E-state index contributed by atoms with van der Waals surface area (Å²) in [5, 5.41) is 13.0. The standard InChI is InChI=1S/C11H10FN3O2/c1-6-9(11(16)17)7(2)15(14-6)10-8(12)4-3-5-13-10/h3-5H,1-2H3,(H,16,17). The van der Waals surface area contributed by atoms with Crippen LogP contribution in [0.15, 0.2) is 18.3 Å². The number of carboxylic acids is 1. The Labute approximate surface area is 96.5 Å². The molecule has 0 aliphatic rings. The summed E-state index contributed by atoms with van der Waals surface area (Å²) in [4.78, 5) is 14.9. The third-order valence-electron chi connectivity index (χ3n) is 2.44. The number of halogens is 1. The van der Waals surface area contributed by atoms with Gasteiger partial charge in [0.15, 0.2) is 11.6 Å². The van der Waals surface area contributed by atoms with Crippen molar-refractivity contribution in [3.8, 4) is 5.82 Å². The number of aromatic nitrogens is 3. The molecule has 0 aliphatic heterocycles. The molecule has 2 aromatic rings. The Balaban J connectivity index is 2.66. The lowest BCUT2D eigenvalue weighted by molar-refractivity contribution is 0.0695. The molecule has 0 aliphatic carbocycles. The maximum atomic E-state index is 13.5. The molecule has 0 fully saturated rings. The van der Waals surface area contributed by atoms with Gasteiger partial charge in [-0.2, -0.15) is 5.10 Å². The van der Waals surface area contributed by atoms with Crippen molar-refractivity contribution in [2.45, 2.75) is 13.8 Å². The highest BCUT2D eigenvalue weighted by Crippen LogP contribution is 2.18. The van der Waals surface area contributed by atoms with Gasteiger partial charge in [0, 0.05) is 6.20 Å². The molecule has 1 N–H and O–H groups in total. The van der Waals surface area contributed by atoms with Gasteiger partial charge in [-0.1, -0.05) is 0 Å². The molecule has 6 heteroatoms. The van der Waals surface area contributed by atoms with Gasteiger partial charge >= 0.3 is 5.97 Å². The van der Waals surface area contributed by atoms with Crippen molar-refractivity contribution in [3.63, 3.8) is 0 Å². The van der Waals surface area contributed by atoms with Crippen molar-refractivity contribution in [1.82, 2.24) is 14.8 Å². The molecule has 0 atom stereocenters. The topological polar surface area (TPSA) is 68.0 Å². The van der Waals surface area contributed by atoms with Gasteiger partial charge in [0.05, 0.1) is 11.4 Å². The number of aryl methyl sites for hydroxylation is 1. The van der Waals surface area contributed by atoms with Crippen LogP contribution in [0, 0.1) is 19.7 Å². The molecule has 0 bridgehead atoms. The normalized spacial score (nSPS) is 10.5. The number of hydrogen-bond donors (Lipinski definition) is 1. The van der Waals surface area contributed by atoms with Gasteiger partial charge in [0.2, 0.25) is 0 Å². The highest BCUT2D eigenvalue weighted by Gasteiger charge is 2.20. The first kappa shape index (κ1) is 11.3. The third kappa shape index (κ3) is 1.77. The number of rotatable bonds is 2. The van der Waals surface area contributed by atoms with Gasteiger partial charge in [0.1, 0.15) is 5.56 Å². The largest absolute Gasteiger partial charge is 0.478 e. The summed E-state index contributed by atoms with van der Waals surface area (Å²) in [6.45, 7) is 3.13. The van der Waals surface area contributed by atoms with Gasteiger partial charge in [0.25, 0.3) is 0 Å². The first-order valence-electron chi connectivity index (χ1n) is 4.92. The first-order valence-corrected chi connectivity index (χ1v) is 4.92. The minimum absolute atomic E-state index is 0.000556. The van der Waals surface area contributed by atoms with E-state index in [1.165, 1.54) is 23.0 Å². The maximum Gasteiger partial charge on any atom is 0.339 e. The van der Waals surface area contributed by atoms with E-state index in [1.54, 1.807) is 13.8 Å². The second kappa shape index (κ2) is 3.97. The van der Waals surface area contributed by atoms with Gasteiger partial charge in [-0.05, 0) is 26.0 Å². The van der Waals surface area contributed by atoms with Crippen LogP contribution in [0.1, 0.15) is 21.7 Å². The molecule has 0 radical (unpaired) electrons. The molecule has 0 spiro atoms. The summed E-state index contributed by atoms with van der Waals surface area (Å²) < 4.78 is 14.7. The first-order chi connectivity index (χ1) is 8.02. The Hall–Kier alpha value is -2.24. The summed E-state index contributed by atoms with van der Waals surface area (Å²) in [6.07, 6.45) is 1.43. The van der Waals surface area contributed by atoms with E-state index in [4.69, 9.17) is 5.11 Å². The third-order valence-corrected chi connectivity index (χ3v) is 2.44. The molecule has 0 unspecified atom stereocenters. The van der Waals surface area contributed by atoms with Crippen molar-refractivity contribution in [3.05, 3.63) is 41.1 Å². The molecular weight excluding hydrogens is 225 g/mol. The molecule has 0 saturated heterocycles. The van der Waals surface area contributed by atoms with E-state index in [-0.39, 0.29) is 11.4 Å². The zero-order valence-electron chi connectivity index (χ0n) is 9.31. The van der Waals surface area contributed by atoms with Crippen molar-refractivity contribution in [2.24, 2.45) is 0 Å². The number of aromatic carboxylic acids is 1. The van der Waals surface area contributed by atoms with Crippen molar-refractivity contribution in [2.75, 3.05) is 0 Å². The minimum Gasteiger partial charge on any atom is -0.478 e. The fourth-order valence-corrected chi connectivity index (χ4v) is 1.69. The lowest BCUT2D eigenvalue weighted by atomic mass is 10.2. The smallest absolute Gasteiger partial charge is 0.339 e. The quantitative estimate of drug-likeness (QED) is 0.860. The number of pyridine rings is 1. The molecule has 0 saturated carbocycles. The number of carboxylic acid groups (broad SMARTS) is 1. The van der Waals surface area contributed by atoms with Crippen LogP contribution in [0.5, 0.6) is 0 Å². The van der Waals surface area contributed by atoms with Gasteiger partial charge < -0.3 is 5.11 Å². The Kier molecular flexibility index (Phi) is 2.63. The van der Waals surface area contributed by atoms with Crippen molar-refractivity contribution in [1.29, 1.82) is 0 Å². The van der Waals surface area contributed by atoms with E-state index < -0.39 is 11.8 Å². The lowest BCUT2D eigenvalue weighted by Gasteiger charge is -2.03. The highest BCUT2D eigenvalue weighted by atomic mass is 19.1. The average Bonchev–Trinajstić information content (AvgIpc) is 2.55. The summed E-state index contributed by atoms with van der Waals surface area (Å²) in [6, 6.07) is 2.71. The van der Waals surface area contributed by atoms with Crippen LogP contribution in [-0.4, -0.2) is 25.8 Å². The number of nitrogens with zero attached hydrogens (tertiary/aromatic N) is 3. The van der Waals surface area contributed by atoms with Crippen LogP contribution in [0.25, 0.3) is 5.82 Å². The minimum atomic E-state index is -1.08. The summed E-state index contributed by atoms with van der Waals surface area (Å²) >= 11 is 0. The van der Waals surface area contributed by atoms with Crippen LogP contribution < -0.4 is 0 Å². The number of carbonyl (C=O) groups is 1. The SMILES string of the molecule is Cc1nn(-c2ncccc2F)c(C)c1C(=O)O. The predicted molar refractivity (Wildman–Crippen MR) is 57.8 cm³/mol. The second-order valence-electron chi connectivity index (χ2n) is 3.57. The van der Waals surface area contributed by atoms with Gasteiger partial charge in [-0.15, -0.1) is 0 Å². The van der Waals surface area contributed by atoms with Gasteiger partial charge in [-0.3, -0.25) is 0 Å². The molecule has 2 aromatic heterocycles. The fraction of sp³-hybridized carbons (Fsp3) is 0.182. The Morgan fingerprint density at radius 3 is 2.71 bits per heavy atom.